The van der Waals surface area contributed by atoms with Crippen LogP contribution in [0.25, 0.3) is 10.2 Å². The monoisotopic (exact) mass is 309 g/mol. The van der Waals surface area contributed by atoms with Gasteiger partial charge in [-0.1, -0.05) is 35.9 Å². The molecule has 3 nitrogen and oxygen atoms in total. The van der Waals surface area contributed by atoms with Gasteiger partial charge in [0.1, 0.15) is 0 Å². The molecular formula is C15H20ClN3S. The lowest BCUT2D eigenvalue weighted by Gasteiger charge is -2.30. The topological polar surface area (TPSA) is 28.2 Å². The van der Waals surface area contributed by atoms with Crippen LogP contribution in [0.5, 0.6) is 0 Å². The molecule has 5 heteroatoms. The Balaban J connectivity index is 1.59. The second-order valence-electron chi connectivity index (χ2n) is 5.37. The van der Waals surface area contributed by atoms with Crippen molar-refractivity contribution in [3.05, 3.63) is 23.2 Å². The molecule has 0 spiro atoms. The number of nitrogens with zero attached hydrogens (tertiary/aromatic N) is 2. The molecule has 1 aliphatic heterocycles. The molecule has 1 aromatic carbocycles. The predicted octanol–water partition coefficient (Wildman–Crippen LogP) is 4.09. The normalized spacial score (nSPS) is 17.7. The summed E-state index contributed by atoms with van der Waals surface area (Å²) in [6.07, 6.45) is 2.57. The number of thiazole rings is 1. The Kier molecular flexibility index (Phi) is 4.44. The number of aromatic nitrogens is 1. The Morgan fingerprint density at radius 1 is 1.40 bits per heavy atom. The molecule has 1 saturated heterocycles. The van der Waals surface area contributed by atoms with Gasteiger partial charge in [0.25, 0.3) is 0 Å². The zero-order valence-electron chi connectivity index (χ0n) is 11.7. The molecule has 3 rings (SSSR count). The fourth-order valence-corrected chi connectivity index (χ4v) is 3.89. The Bertz CT molecular complexity index is 576. The zero-order valence-corrected chi connectivity index (χ0v) is 13.3. The van der Waals surface area contributed by atoms with Gasteiger partial charge in [-0.05, 0) is 50.5 Å². The molecule has 0 bridgehead atoms. The Hall–Kier alpha value is -0.840. The summed E-state index contributed by atoms with van der Waals surface area (Å²) in [5.41, 5.74) is 0.991. The maximum Gasteiger partial charge on any atom is 0.183 e. The predicted molar refractivity (Wildman–Crippen MR) is 88.0 cm³/mol. The molecule has 0 amide bonds. The minimum atomic E-state index is 0.764. The van der Waals surface area contributed by atoms with Crippen LogP contribution in [0, 0.1) is 5.92 Å². The Labute approximate surface area is 128 Å². The molecule has 1 fully saturated rings. The molecule has 2 heterocycles. The van der Waals surface area contributed by atoms with Crippen LogP contribution in [0.4, 0.5) is 5.13 Å². The highest BCUT2D eigenvalue weighted by Gasteiger charge is 2.18. The molecule has 2 aromatic rings. The minimum absolute atomic E-state index is 0.764. The number of anilines is 1. The summed E-state index contributed by atoms with van der Waals surface area (Å²) in [5.74, 6) is 0.764. The number of likely N-dealkylation sites (tertiary alicyclic amines) is 1. The van der Waals surface area contributed by atoms with Gasteiger partial charge in [-0.2, -0.15) is 0 Å². The van der Waals surface area contributed by atoms with Crippen molar-refractivity contribution in [3.63, 3.8) is 0 Å². The van der Waals surface area contributed by atoms with Gasteiger partial charge in [0.15, 0.2) is 5.13 Å². The maximum atomic E-state index is 6.19. The van der Waals surface area contributed by atoms with Crippen LogP contribution < -0.4 is 5.32 Å². The summed E-state index contributed by atoms with van der Waals surface area (Å²) in [5, 5.41) is 5.28. The van der Waals surface area contributed by atoms with E-state index in [0.717, 1.165) is 32.8 Å². The van der Waals surface area contributed by atoms with Crippen LogP contribution in [0.1, 0.15) is 19.8 Å². The molecular weight excluding hydrogens is 290 g/mol. The van der Waals surface area contributed by atoms with Crippen molar-refractivity contribution in [2.75, 3.05) is 31.5 Å². The summed E-state index contributed by atoms with van der Waals surface area (Å²) >= 11 is 7.84. The van der Waals surface area contributed by atoms with Crippen molar-refractivity contribution >= 4 is 38.3 Å². The van der Waals surface area contributed by atoms with E-state index in [0.29, 0.717) is 0 Å². The Morgan fingerprint density at radius 3 is 2.90 bits per heavy atom. The minimum Gasteiger partial charge on any atom is -0.361 e. The van der Waals surface area contributed by atoms with Crippen LogP contribution in [0.15, 0.2) is 18.2 Å². The number of halogens is 1. The standard InChI is InChI=1S/C15H20ClN3S/c1-2-19-8-6-11(7-9-19)10-17-15-18-13-5-3-4-12(16)14(13)20-15/h3-5,11H,2,6-10H2,1H3,(H,17,18). The molecule has 0 atom stereocenters. The van der Waals surface area contributed by atoms with E-state index in [1.54, 1.807) is 11.3 Å². The second-order valence-corrected chi connectivity index (χ2v) is 6.77. The molecule has 0 aliphatic carbocycles. The lowest BCUT2D eigenvalue weighted by molar-refractivity contribution is 0.198. The van der Waals surface area contributed by atoms with Crippen LogP contribution >= 0.6 is 22.9 Å². The first-order chi connectivity index (χ1) is 9.76. The van der Waals surface area contributed by atoms with E-state index in [2.05, 4.69) is 22.1 Å². The number of hydrogen-bond donors (Lipinski definition) is 1. The van der Waals surface area contributed by atoms with Crippen molar-refractivity contribution in [2.45, 2.75) is 19.8 Å². The number of fused-ring (bicyclic) bond motifs is 1. The van der Waals surface area contributed by atoms with E-state index >= 15 is 0 Å². The van der Waals surface area contributed by atoms with E-state index in [1.165, 1.54) is 32.5 Å². The molecule has 108 valence electrons. The Morgan fingerprint density at radius 2 is 2.20 bits per heavy atom. The average molecular weight is 310 g/mol. The zero-order chi connectivity index (χ0) is 13.9. The lowest BCUT2D eigenvalue weighted by Crippen LogP contribution is -2.35. The van der Waals surface area contributed by atoms with Gasteiger partial charge in [0.05, 0.1) is 15.2 Å². The molecule has 20 heavy (non-hydrogen) atoms. The third-order valence-corrected chi connectivity index (χ3v) is 5.55. The first kappa shape index (κ1) is 14.1. The summed E-state index contributed by atoms with van der Waals surface area (Å²) in [6, 6.07) is 5.89. The van der Waals surface area contributed by atoms with Gasteiger partial charge in [-0.3, -0.25) is 0 Å². The molecule has 1 aliphatic rings. The quantitative estimate of drug-likeness (QED) is 0.922. The SMILES string of the molecule is CCN1CCC(CNc2nc3cccc(Cl)c3s2)CC1. The van der Waals surface area contributed by atoms with E-state index in [9.17, 15) is 0 Å². The first-order valence-electron chi connectivity index (χ1n) is 7.27. The number of benzene rings is 1. The fraction of sp³-hybridized carbons (Fsp3) is 0.533. The van der Waals surface area contributed by atoms with E-state index < -0.39 is 0 Å². The van der Waals surface area contributed by atoms with E-state index in [4.69, 9.17) is 11.6 Å². The smallest absolute Gasteiger partial charge is 0.183 e. The van der Waals surface area contributed by atoms with E-state index in [-0.39, 0.29) is 0 Å². The molecule has 1 aromatic heterocycles. The van der Waals surface area contributed by atoms with Crippen molar-refractivity contribution in [1.82, 2.24) is 9.88 Å². The van der Waals surface area contributed by atoms with Crippen LogP contribution in [-0.2, 0) is 0 Å². The molecule has 0 unspecified atom stereocenters. The van der Waals surface area contributed by atoms with Gasteiger partial charge in [-0.15, -0.1) is 0 Å². The maximum absolute atomic E-state index is 6.19. The van der Waals surface area contributed by atoms with Gasteiger partial charge < -0.3 is 10.2 Å². The van der Waals surface area contributed by atoms with Gasteiger partial charge in [0.2, 0.25) is 0 Å². The molecule has 0 saturated carbocycles. The van der Waals surface area contributed by atoms with Gasteiger partial charge >= 0.3 is 0 Å². The average Bonchev–Trinajstić information content (AvgIpc) is 2.90. The van der Waals surface area contributed by atoms with Crippen LogP contribution in [-0.4, -0.2) is 36.1 Å². The number of hydrogen-bond acceptors (Lipinski definition) is 4. The second kappa shape index (κ2) is 6.29. The van der Waals surface area contributed by atoms with E-state index in [1.807, 2.05) is 18.2 Å². The van der Waals surface area contributed by atoms with Gasteiger partial charge in [-0.25, -0.2) is 4.98 Å². The summed E-state index contributed by atoms with van der Waals surface area (Å²) in [4.78, 5) is 7.12. The highest BCUT2D eigenvalue weighted by Crippen LogP contribution is 2.32. The van der Waals surface area contributed by atoms with Gasteiger partial charge in [0, 0.05) is 6.54 Å². The first-order valence-corrected chi connectivity index (χ1v) is 8.47. The highest BCUT2D eigenvalue weighted by molar-refractivity contribution is 7.22. The van der Waals surface area contributed by atoms with Crippen molar-refractivity contribution in [3.8, 4) is 0 Å². The number of piperidine rings is 1. The largest absolute Gasteiger partial charge is 0.361 e. The third-order valence-electron chi connectivity index (χ3n) is 4.06. The number of rotatable bonds is 4. The van der Waals surface area contributed by atoms with Crippen molar-refractivity contribution in [2.24, 2.45) is 5.92 Å². The summed E-state index contributed by atoms with van der Waals surface area (Å²) in [7, 11) is 0. The van der Waals surface area contributed by atoms with Crippen molar-refractivity contribution in [1.29, 1.82) is 0 Å². The van der Waals surface area contributed by atoms with Crippen LogP contribution in [0.3, 0.4) is 0 Å². The highest BCUT2D eigenvalue weighted by atomic mass is 35.5. The third kappa shape index (κ3) is 3.08. The van der Waals surface area contributed by atoms with Crippen LogP contribution in [0.2, 0.25) is 5.02 Å². The lowest BCUT2D eigenvalue weighted by atomic mass is 9.97. The fourth-order valence-electron chi connectivity index (χ4n) is 2.73. The number of nitrogens with one attached hydrogen (secondary N) is 1. The van der Waals surface area contributed by atoms with Crippen molar-refractivity contribution < 1.29 is 0 Å². The molecule has 1 N–H and O–H groups in total. The summed E-state index contributed by atoms with van der Waals surface area (Å²) in [6.45, 7) is 6.90. The summed E-state index contributed by atoms with van der Waals surface area (Å²) < 4.78 is 1.08. The molecule has 0 radical (unpaired) electrons.